The van der Waals surface area contributed by atoms with E-state index in [1.165, 1.54) is 23.2 Å². The summed E-state index contributed by atoms with van der Waals surface area (Å²) < 4.78 is 0. The number of benzene rings is 1. The van der Waals surface area contributed by atoms with Crippen molar-refractivity contribution in [2.45, 2.75) is 27.2 Å². The summed E-state index contributed by atoms with van der Waals surface area (Å²) in [4.78, 5) is 2.21. The Morgan fingerprint density at radius 3 is 2.62 bits per heavy atom. The average molecular weight is 328 g/mol. The van der Waals surface area contributed by atoms with Crippen LogP contribution >= 0.6 is 0 Å². The van der Waals surface area contributed by atoms with Gasteiger partial charge in [-0.1, -0.05) is 39.1 Å². The topological polar surface area (TPSA) is 27.3 Å². The first kappa shape index (κ1) is 20.0. The SMILES string of the molecule is C=CN(CCNCCC(C)C)c1ccc(/C=C/C(=C)NC)cc1C. The highest BCUT2D eigenvalue weighted by molar-refractivity contribution is 5.62. The van der Waals surface area contributed by atoms with E-state index in [0.29, 0.717) is 0 Å². The van der Waals surface area contributed by atoms with Gasteiger partial charge in [-0.25, -0.2) is 0 Å². The van der Waals surface area contributed by atoms with Crippen molar-refractivity contribution in [1.29, 1.82) is 0 Å². The Morgan fingerprint density at radius 2 is 2.04 bits per heavy atom. The zero-order valence-electron chi connectivity index (χ0n) is 15.7. The maximum Gasteiger partial charge on any atom is 0.0436 e. The van der Waals surface area contributed by atoms with Crippen LogP contribution in [-0.2, 0) is 0 Å². The van der Waals surface area contributed by atoms with Gasteiger partial charge in [0, 0.05) is 31.5 Å². The van der Waals surface area contributed by atoms with Crippen molar-refractivity contribution in [1.82, 2.24) is 10.6 Å². The molecule has 0 aromatic heterocycles. The fourth-order valence-corrected chi connectivity index (χ4v) is 2.41. The van der Waals surface area contributed by atoms with E-state index in [0.717, 1.165) is 31.2 Å². The normalized spacial score (nSPS) is 11.0. The first-order valence-electron chi connectivity index (χ1n) is 8.73. The molecule has 0 unspecified atom stereocenters. The van der Waals surface area contributed by atoms with Crippen LogP contribution in [0, 0.1) is 12.8 Å². The number of hydrogen-bond donors (Lipinski definition) is 2. The smallest absolute Gasteiger partial charge is 0.0436 e. The van der Waals surface area contributed by atoms with Gasteiger partial charge in [-0.05, 0) is 61.3 Å². The van der Waals surface area contributed by atoms with Crippen LogP contribution < -0.4 is 15.5 Å². The lowest BCUT2D eigenvalue weighted by Gasteiger charge is -2.23. The average Bonchev–Trinajstić information content (AvgIpc) is 2.56. The van der Waals surface area contributed by atoms with Gasteiger partial charge in [-0.3, -0.25) is 0 Å². The molecule has 0 saturated heterocycles. The Hall–Kier alpha value is -2.00. The van der Waals surface area contributed by atoms with Crippen molar-refractivity contribution in [3.8, 4) is 0 Å². The minimum atomic E-state index is 0.745. The molecule has 24 heavy (non-hydrogen) atoms. The molecule has 0 spiro atoms. The van der Waals surface area contributed by atoms with Crippen LogP contribution in [0.5, 0.6) is 0 Å². The van der Waals surface area contributed by atoms with Gasteiger partial charge in [0.25, 0.3) is 0 Å². The molecule has 0 atom stereocenters. The Kier molecular flexibility index (Phi) is 8.95. The summed E-state index contributed by atoms with van der Waals surface area (Å²) >= 11 is 0. The lowest BCUT2D eigenvalue weighted by atomic mass is 10.1. The highest BCUT2D eigenvalue weighted by Crippen LogP contribution is 2.22. The maximum absolute atomic E-state index is 3.96. The predicted octanol–water partition coefficient (Wildman–Crippen LogP) is 4.33. The second-order valence-electron chi connectivity index (χ2n) is 6.46. The van der Waals surface area contributed by atoms with Gasteiger partial charge in [0.15, 0.2) is 0 Å². The molecule has 1 rings (SSSR count). The van der Waals surface area contributed by atoms with Crippen LogP contribution in [0.2, 0.25) is 0 Å². The summed E-state index contributed by atoms with van der Waals surface area (Å²) in [6.07, 6.45) is 7.18. The van der Waals surface area contributed by atoms with Crippen LogP contribution in [-0.4, -0.2) is 26.7 Å². The first-order chi connectivity index (χ1) is 11.5. The molecule has 0 amide bonds. The number of anilines is 1. The summed E-state index contributed by atoms with van der Waals surface area (Å²) in [6.45, 7) is 17.5. The molecule has 0 fully saturated rings. The number of nitrogens with zero attached hydrogens (tertiary/aromatic N) is 1. The third-order valence-corrected chi connectivity index (χ3v) is 3.98. The van der Waals surface area contributed by atoms with Crippen molar-refractivity contribution in [2.75, 3.05) is 31.6 Å². The number of aryl methyl sites for hydroxylation is 1. The van der Waals surface area contributed by atoms with Gasteiger partial charge in [-0.2, -0.15) is 0 Å². The molecule has 2 N–H and O–H groups in total. The number of nitrogens with one attached hydrogen (secondary N) is 2. The van der Waals surface area contributed by atoms with E-state index in [4.69, 9.17) is 0 Å². The van der Waals surface area contributed by atoms with Gasteiger partial charge in [-0.15, -0.1) is 0 Å². The molecule has 3 heteroatoms. The Bertz CT molecular complexity index is 558. The zero-order valence-corrected chi connectivity index (χ0v) is 15.7. The lowest BCUT2D eigenvalue weighted by Crippen LogP contribution is -2.29. The van der Waals surface area contributed by atoms with Crippen LogP contribution in [0.15, 0.2) is 49.3 Å². The Morgan fingerprint density at radius 1 is 1.29 bits per heavy atom. The maximum atomic E-state index is 3.96. The first-order valence-corrected chi connectivity index (χ1v) is 8.73. The molecule has 0 saturated carbocycles. The summed E-state index contributed by atoms with van der Waals surface area (Å²) in [6, 6.07) is 6.48. The molecule has 132 valence electrons. The molecule has 3 nitrogen and oxygen atoms in total. The van der Waals surface area contributed by atoms with Crippen molar-refractivity contribution < 1.29 is 0 Å². The van der Waals surface area contributed by atoms with Crippen LogP contribution in [0.3, 0.4) is 0 Å². The summed E-state index contributed by atoms with van der Waals surface area (Å²) in [7, 11) is 1.87. The predicted molar refractivity (Wildman–Crippen MR) is 108 cm³/mol. The largest absolute Gasteiger partial charge is 0.389 e. The fraction of sp³-hybridized carbons (Fsp3) is 0.429. The van der Waals surface area contributed by atoms with Gasteiger partial charge >= 0.3 is 0 Å². The second-order valence-corrected chi connectivity index (χ2v) is 6.46. The number of rotatable bonds is 11. The molecule has 0 heterocycles. The van der Waals surface area contributed by atoms with Gasteiger partial charge in [0.1, 0.15) is 0 Å². The van der Waals surface area contributed by atoms with E-state index in [-0.39, 0.29) is 0 Å². The molecular weight excluding hydrogens is 294 g/mol. The van der Waals surface area contributed by atoms with E-state index < -0.39 is 0 Å². The zero-order chi connectivity index (χ0) is 17.9. The number of hydrogen-bond acceptors (Lipinski definition) is 3. The molecule has 1 aromatic carbocycles. The monoisotopic (exact) mass is 327 g/mol. The highest BCUT2D eigenvalue weighted by atomic mass is 15.1. The third kappa shape index (κ3) is 7.05. The minimum absolute atomic E-state index is 0.745. The van der Waals surface area contributed by atoms with Crippen LogP contribution in [0.1, 0.15) is 31.4 Å². The van der Waals surface area contributed by atoms with Crippen molar-refractivity contribution in [3.05, 3.63) is 60.5 Å². The van der Waals surface area contributed by atoms with E-state index in [1.54, 1.807) is 0 Å². The van der Waals surface area contributed by atoms with E-state index >= 15 is 0 Å². The van der Waals surface area contributed by atoms with Gasteiger partial charge in [0.05, 0.1) is 0 Å². The minimum Gasteiger partial charge on any atom is -0.389 e. The third-order valence-electron chi connectivity index (χ3n) is 3.98. The number of allylic oxidation sites excluding steroid dienone is 1. The summed E-state index contributed by atoms with van der Waals surface area (Å²) in [5.74, 6) is 0.745. The summed E-state index contributed by atoms with van der Waals surface area (Å²) in [5.41, 5.74) is 4.53. The lowest BCUT2D eigenvalue weighted by molar-refractivity contribution is 0.540. The summed E-state index contributed by atoms with van der Waals surface area (Å²) in [5, 5.41) is 6.52. The van der Waals surface area contributed by atoms with Gasteiger partial charge < -0.3 is 15.5 Å². The van der Waals surface area contributed by atoms with Gasteiger partial charge in [0.2, 0.25) is 0 Å². The second kappa shape index (κ2) is 10.7. The molecule has 0 aliphatic carbocycles. The molecule has 0 aliphatic heterocycles. The van der Waals surface area contributed by atoms with E-state index in [2.05, 4.69) is 73.7 Å². The standard InChI is InChI=1S/C21H33N3/c1-7-24(15-14-23-13-12-17(2)3)21-11-10-20(16-18(21)4)9-8-19(5)22-6/h7-11,16-17,22-23H,1,5,12-15H2,2-4,6H3/b9-8+. The molecule has 0 radical (unpaired) electrons. The van der Waals surface area contributed by atoms with Crippen molar-refractivity contribution >= 4 is 11.8 Å². The van der Waals surface area contributed by atoms with Crippen molar-refractivity contribution in [2.24, 2.45) is 5.92 Å². The van der Waals surface area contributed by atoms with E-state index in [9.17, 15) is 0 Å². The quantitative estimate of drug-likeness (QED) is 0.468. The van der Waals surface area contributed by atoms with Crippen LogP contribution in [0.4, 0.5) is 5.69 Å². The molecule has 0 aliphatic rings. The van der Waals surface area contributed by atoms with Crippen LogP contribution in [0.25, 0.3) is 6.08 Å². The highest BCUT2D eigenvalue weighted by Gasteiger charge is 2.06. The Labute approximate surface area is 148 Å². The molecule has 0 bridgehead atoms. The Balaban J connectivity index is 2.64. The van der Waals surface area contributed by atoms with Crippen molar-refractivity contribution in [3.63, 3.8) is 0 Å². The molecule has 1 aromatic rings. The van der Waals surface area contributed by atoms with E-state index in [1.807, 2.05) is 19.3 Å². The fourth-order valence-electron chi connectivity index (χ4n) is 2.41. The number of likely N-dealkylation sites (N-methyl/N-ethyl adjacent to an activating group) is 1. The molecular formula is C21H33N3.